The van der Waals surface area contributed by atoms with Crippen molar-refractivity contribution in [2.75, 3.05) is 13.1 Å². The van der Waals surface area contributed by atoms with Crippen LogP contribution in [0.1, 0.15) is 23.3 Å². The molecule has 0 unspecified atom stereocenters. The summed E-state index contributed by atoms with van der Waals surface area (Å²) in [6, 6.07) is 12.7. The minimum atomic E-state index is 0.285. The van der Waals surface area contributed by atoms with Gasteiger partial charge in [-0.2, -0.15) is 0 Å². The fraction of sp³-hybridized carbons (Fsp3) is 0.235. The first kappa shape index (κ1) is 15.1. The zero-order valence-electron chi connectivity index (χ0n) is 12.4. The quantitative estimate of drug-likeness (QED) is 0.623. The third-order valence-corrected chi connectivity index (χ3v) is 4.96. The highest BCUT2D eigenvalue weighted by Gasteiger charge is 2.19. The molecule has 2 aromatic heterocycles. The van der Waals surface area contributed by atoms with E-state index in [1.165, 1.54) is 21.3 Å². The van der Waals surface area contributed by atoms with Gasteiger partial charge in [0.2, 0.25) is 0 Å². The Labute approximate surface area is 139 Å². The average molecular weight is 329 g/mol. The van der Waals surface area contributed by atoms with E-state index in [-0.39, 0.29) is 5.92 Å². The van der Waals surface area contributed by atoms with Crippen molar-refractivity contribution >= 4 is 39.6 Å². The largest absolute Gasteiger partial charge is 0.363 e. The lowest BCUT2D eigenvalue weighted by atomic mass is 9.97. The van der Waals surface area contributed by atoms with Crippen LogP contribution in [-0.2, 0) is 0 Å². The van der Waals surface area contributed by atoms with E-state index in [9.17, 15) is 0 Å². The van der Waals surface area contributed by atoms with Crippen LogP contribution in [0, 0.1) is 0 Å². The van der Waals surface area contributed by atoms with Crippen LogP contribution in [0.4, 0.5) is 0 Å². The molecule has 1 aromatic carbocycles. The van der Waals surface area contributed by atoms with Gasteiger partial charge in [-0.05, 0) is 42.2 Å². The van der Waals surface area contributed by atoms with E-state index in [1.54, 1.807) is 11.3 Å². The van der Waals surface area contributed by atoms with Crippen LogP contribution < -0.4 is 10.6 Å². The molecule has 0 fully saturated rings. The Balaban J connectivity index is 1.90. The smallest absolute Gasteiger partial charge is 0.166 e. The molecule has 1 atom stereocenters. The lowest BCUT2D eigenvalue weighted by molar-refractivity contribution is 0.758. The van der Waals surface area contributed by atoms with Gasteiger partial charge in [0.1, 0.15) is 0 Å². The molecule has 0 aliphatic heterocycles. The second-order valence-corrected chi connectivity index (χ2v) is 6.49. The Morgan fingerprint density at radius 2 is 2.09 bits per heavy atom. The molecular formula is C17H19N3S2. The van der Waals surface area contributed by atoms with E-state index in [4.69, 9.17) is 12.2 Å². The molecule has 0 bridgehead atoms. The van der Waals surface area contributed by atoms with E-state index in [0.717, 1.165) is 13.1 Å². The highest BCUT2D eigenvalue weighted by atomic mass is 32.1. The minimum Gasteiger partial charge on any atom is -0.363 e. The summed E-state index contributed by atoms with van der Waals surface area (Å²) in [4.78, 5) is 4.72. The van der Waals surface area contributed by atoms with Crippen molar-refractivity contribution in [3.05, 3.63) is 58.4 Å². The van der Waals surface area contributed by atoms with Gasteiger partial charge in [0.15, 0.2) is 5.11 Å². The summed E-state index contributed by atoms with van der Waals surface area (Å²) in [5, 5.41) is 10.6. The summed E-state index contributed by atoms with van der Waals surface area (Å²) in [5.41, 5.74) is 2.48. The van der Waals surface area contributed by atoms with Crippen LogP contribution in [0.5, 0.6) is 0 Å². The van der Waals surface area contributed by atoms with Crippen molar-refractivity contribution in [3.8, 4) is 0 Å². The molecule has 114 valence electrons. The van der Waals surface area contributed by atoms with Crippen LogP contribution in [0.25, 0.3) is 10.9 Å². The Bertz CT molecular complexity index is 746. The van der Waals surface area contributed by atoms with Crippen molar-refractivity contribution in [3.63, 3.8) is 0 Å². The summed E-state index contributed by atoms with van der Waals surface area (Å²) in [6.45, 7) is 3.67. The predicted octanol–water partition coefficient (Wildman–Crippen LogP) is 3.85. The predicted molar refractivity (Wildman–Crippen MR) is 98.7 cm³/mol. The average Bonchev–Trinajstić information content (AvgIpc) is 3.18. The van der Waals surface area contributed by atoms with Gasteiger partial charge in [0, 0.05) is 41.0 Å². The lowest BCUT2D eigenvalue weighted by Gasteiger charge is -2.17. The van der Waals surface area contributed by atoms with Gasteiger partial charge in [0.05, 0.1) is 0 Å². The zero-order chi connectivity index (χ0) is 15.4. The van der Waals surface area contributed by atoms with Crippen LogP contribution in [0.3, 0.4) is 0 Å². The molecule has 0 aliphatic rings. The number of para-hydroxylation sites is 1. The monoisotopic (exact) mass is 329 g/mol. The molecule has 5 heteroatoms. The Morgan fingerprint density at radius 1 is 1.23 bits per heavy atom. The highest BCUT2D eigenvalue weighted by molar-refractivity contribution is 7.80. The standard InChI is InChI=1S/C17H19N3S2/c1-2-18-17(21)20-11-14(16-8-5-9-22-16)13-10-19-15-7-4-3-6-12(13)15/h3-10,14,19H,2,11H2,1H3,(H2,18,20,21)/t14-/m1/s1. The summed E-state index contributed by atoms with van der Waals surface area (Å²) in [7, 11) is 0. The number of benzene rings is 1. The van der Waals surface area contributed by atoms with Gasteiger partial charge in [-0.1, -0.05) is 24.3 Å². The highest BCUT2D eigenvalue weighted by Crippen LogP contribution is 2.32. The molecule has 3 N–H and O–H groups in total. The third-order valence-electron chi connectivity index (χ3n) is 3.69. The van der Waals surface area contributed by atoms with Crippen molar-refractivity contribution < 1.29 is 0 Å². The van der Waals surface area contributed by atoms with Gasteiger partial charge >= 0.3 is 0 Å². The molecule has 0 radical (unpaired) electrons. The number of thiocarbonyl (C=S) groups is 1. The van der Waals surface area contributed by atoms with Crippen LogP contribution in [-0.4, -0.2) is 23.2 Å². The van der Waals surface area contributed by atoms with Crippen molar-refractivity contribution in [2.45, 2.75) is 12.8 Å². The number of fused-ring (bicyclic) bond motifs is 1. The molecule has 3 aromatic rings. The molecule has 2 heterocycles. The number of hydrogen-bond acceptors (Lipinski definition) is 2. The Kier molecular flexibility index (Phi) is 4.75. The van der Waals surface area contributed by atoms with Crippen molar-refractivity contribution in [1.29, 1.82) is 0 Å². The second-order valence-electron chi connectivity index (χ2n) is 5.10. The van der Waals surface area contributed by atoms with Gasteiger partial charge in [-0.25, -0.2) is 0 Å². The first-order chi connectivity index (χ1) is 10.8. The number of H-pyrrole nitrogens is 1. The zero-order valence-corrected chi connectivity index (χ0v) is 14.1. The number of hydrogen-bond donors (Lipinski definition) is 3. The van der Waals surface area contributed by atoms with Gasteiger partial charge in [-0.3, -0.25) is 0 Å². The SMILES string of the molecule is CCNC(=S)NC[C@@H](c1cccs1)c1c[nH]c2ccccc12. The Morgan fingerprint density at radius 3 is 2.86 bits per heavy atom. The maximum Gasteiger partial charge on any atom is 0.166 e. The summed E-state index contributed by atoms with van der Waals surface area (Å²) >= 11 is 7.08. The van der Waals surface area contributed by atoms with E-state index in [0.29, 0.717) is 5.11 Å². The summed E-state index contributed by atoms with van der Waals surface area (Å²) < 4.78 is 0. The molecular weight excluding hydrogens is 310 g/mol. The maximum absolute atomic E-state index is 5.30. The first-order valence-corrected chi connectivity index (χ1v) is 8.69. The van der Waals surface area contributed by atoms with Crippen LogP contribution >= 0.6 is 23.6 Å². The lowest BCUT2D eigenvalue weighted by Crippen LogP contribution is -2.37. The van der Waals surface area contributed by atoms with E-state index in [1.807, 2.05) is 6.92 Å². The summed E-state index contributed by atoms with van der Waals surface area (Å²) in [6.07, 6.45) is 2.12. The normalized spacial score (nSPS) is 12.2. The molecule has 0 saturated carbocycles. The molecule has 0 spiro atoms. The minimum absolute atomic E-state index is 0.285. The molecule has 3 rings (SSSR count). The molecule has 0 amide bonds. The van der Waals surface area contributed by atoms with Gasteiger partial charge < -0.3 is 15.6 Å². The van der Waals surface area contributed by atoms with Crippen molar-refractivity contribution in [1.82, 2.24) is 15.6 Å². The number of rotatable bonds is 5. The van der Waals surface area contributed by atoms with Crippen LogP contribution in [0.15, 0.2) is 48.0 Å². The second kappa shape index (κ2) is 6.94. The fourth-order valence-electron chi connectivity index (χ4n) is 2.65. The van der Waals surface area contributed by atoms with E-state index < -0.39 is 0 Å². The number of aromatic amines is 1. The molecule has 0 aliphatic carbocycles. The molecule has 22 heavy (non-hydrogen) atoms. The van der Waals surface area contributed by atoms with E-state index >= 15 is 0 Å². The van der Waals surface area contributed by atoms with Crippen LogP contribution in [0.2, 0.25) is 0 Å². The third kappa shape index (κ3) is 3.15. The topological polar surface area (TPSA) is 39.8 Å². The number of thiophene rings is 1. The van der Waals surface area contributed by atoms with Gasteiger partial charge in [0.25, 0.3) is 0 Å². The first-order valence-electron chi connectivity index (χ1n) is 7.40. The molecule has 3 nitrogen and oxygen atoms in total. The Hall–Kier alpha value is -1.85. The maximum atomic E-state index is 5.30. The van der Waals surface area contributed by atoms with Gasteiger partial charge in [-0.15, -0.1) is 11.3 Å². The number of nitrogens with one attached hydrogen (secondary N) is 3. The molecule has 0 saturated heterocycles. The number of aromatic nitrogens is 1. The van der Waals surface area contributed by atoms with E-state index in [2.05, 4.69) is 63.6 Å². The fourth-order valence-corrected chi connectivity index (χ4v) is 3.73. The van der Waals surface area contributed by atoms with Crippen molar-refractivity contribution in [2.24, 2.45) is 0 Å². The summed E-state index contributed by atoms with van der Waals surface area (Å²) in [5.74, 6) is 0.285.